The average molecular weight is 257 g/mol. The molecule has 0 radical (unpaired) electrons. The summed E-state index contributed by atoms with van der Waals surface area (Å²) in [6, 6.07) is 3.80. The van der Waals surface area contributed by atoms with Crippen molar-refractivity contribution in [2.75, 3.05) is 13.7 Å². The Morgan fingerprint density at radius 2 is 2.36 bits per heavy atom. The van der Waals surface area contributed by atoms with Gasteiger partial charge in [-0.1, -0.05) is 0 Å². The SMILES string of the molecule is CNC1(COc2ccc(Br)nc2)CC1. The lowest BCUT2D eigenvalue weighted by Gasteiger charge is -2.14. The molecule has 1 N–H and O–H groups in total. The predicted molar refractivity (Wildman–Crippen MR) is 58.5 cm³/mol. The second-order valence-corrected chi connectivity index (χ2v) is 4.45. The number of rotatable bonds is 4. The second-order valence-electron chi connectivity index (χ2n) is 3.64. The van der Waals surface area contributed by atoms with Crippen molar-refractivity contribution in [3.05, 3.63) is 22.9 Å². The van der Waals surface area contributed by atoms with Gasteiger partial charge in [-0.15, -0.1) is 0 Å². The van der Waals surface area contributed by atoms with E-state index < -0.39 is 0 Å². The Morgan fingerprint density at radius 1 is 1.57 bits per heavy atom. The van der Waals surface area contributed by atoms with Gasteiger partial charge >= 0.3 is 0 Å². The number of nitrogens with zero attached hydrogens (tertiary/aromatic N) is 1. The number of pyridine rings is 1. The minimum absolute atomic E-state index is 0.229. The molecule has 14 heavy (non-hydrogen) atoms. The summed E-state index contributed by atoms with van der Waals surface area (Å²) >= 11 is 3.28. The highest BCUT2D eigenvalue weighted by molar-refractivity contribution is 9.10. The van der Waals surface area contributed by atoms with Crippen LogP contribution in [0, 0.1) is 0 Å². The molecular formula is C10H13BrN2O. The topological polar surface area (TPSA) is 34.1 Å². The third-order valence-corrected chi connectivity index (χ3v) is 3.07. The summed E-state index contributed by atoms with van der Waals surface area (Å²) in [6.07, 6.45) is 4.14. The Kier molecular flexibility index (Phi) is 2.74. The predicted octanol–water partition coefficient (Wildman–Crippen LogP) is 1.97. The van der Waals surface area contributed by atoms with Crippen LogP contribution in [0.2, 0.25) is 0 Å². The molecule has 1 fully saturated rings. The van der Waals surface area contributed by atoms with Gasteiger partial charge in [-0.2, -0.15) is 0 Å². The molecule has 0 aromatic carbocycles. The monoisotopic (exact) mass is 256 g/mol. The highest BCUT2D eigenvalue weighted by Gasteiger charge is 2.41. The summed E-state index contributed by atoms with van der Waals surface area (Å²) in [5.41, 5.74) is 0.229. The first-order chi connectivity index (χ1) is 6.74. The molecule has 1 aromatic heterocycles. The van der Waals surface area contributed by atoms with E-state index in [2.05, 4.69) is 26.2 Å². The Balaban J connectivity index is 1.89. The normalized spacial score (nSPS) is 17.9. The lowest BCUT2D eigenvalue weighted by Crippen LogP contribution is -2.33. The van der Waals surface area contributed by atoms with Crippen LogP contribution in [0.25, 0.3) is 0 Å². The fourth-order valence-corrected chi connectivity index (χ4v) is 1.52. The Labute approximate surface area is 92.0 Å². The molecule has 4 heteroatoms. The zero-order chi connectivity index (χ0) is 10.0. The van der Waals surface area contributed by atoms with Gasteiger partial charge in [-0.05, 0) is 48.0 Å². The van der Waals surface area contributed by atoms with E-state index in [1.807, 2.05) is 19.2 Å². The molecule has 0 unspecified atom stereocenters. The first-order valence-corrected chi connectivity index (χ1v) is 5.47. The molecule has 76 valence electrons. The number of hydrogen-bond donors (Lipinski definition) is 1. The summed E-state index contributed by atoms with van der Waals surface area (Å²) in [5.74, 6) is 0.828. The van der Waals surface area contributed by atoms with E-state index in [4.69, 9.17) is 4.74 Å². The number of aromatic nitrogens is 1. The maximum atomic E-state index is 5.63. The first kappa shape index (κ1) is 9.93. The van der Waals surface area contributed by atoms with Gasteiger partial charge in [0.05, 0.1) is 11.7 Å². The van der Waals surface area contributed by atoms with Gasteiger partial charge in [0.15, 0.2) is 0 Å². The van der Waals surface area contributed by atoms with Crippen LogP contribution in [0.15, 0.2) is 22.9 Å². The molecule has 0 bridgehead atoms. The fraction of sp³-hybridized carbons (Fsp3) is 0.500. The number of nitrogens with one attached hydrogen (secondary N) is 1. The maximum Gasteiger partial charge on any atom is 0.137 e. The molecule has 3 nitrogen and oxygen atoms in total. The van der Waals surface area contributed by atoms with Crippen LogP contribution in [0.1, 0.15) is 12.8 Å². The number of halogens is 1. The highest BCUT2D eigenvalue weighted by atomic mass is 79.9. The van der Waals surface area contributed by atoms with Crippen molar-refractivity contribution in [3.8, 4) is 5.75 Å². The van der Waals surface area contributed by atoms with Crippen LogP contribution in [-0.2, 0) is 0 Å². The van der Waals surface area contributed by atoms with Crippen molar-refractivity contribution >= 4 is 15.9 Å². The van der Waals surface area contributed by atoms with Crippen molar-refractivity contribution < 1.29 is 4.74 Å². The second kappa shape index (κ2) is 3.87. The van der Waals surface area contributed by atoms with Crippen LogP contribution in [0.4, 0.5) is 0 Å². The molecular weight excluding hydrogens is 244 g/mol. The molecule has 1 heterocycles. The van der Waals surface area contributed by atoms with Crippen LogP contribution < -0.4 is 10.1 Å². The van der Waals surface area contributed by atoms with Crippen molar-refractivity contribution in [2.24, 2.45) is 0 Å². The van der Waals surface area contributed by atoms with Crippen LogP contribution in [-0.4, -0.2) is 24.2 Å². The van der Waals surface area contributed by atoms with E-state index in [0.29, 0.717) is 0 Å². The fourth-order valence-electron chi connectivity index (χ4n) is 1.29. The molecule has 1 aliphatic rings. The van der Waals surface area contributed by atoms with E-state index >= 15 is 0 Å². The zero-order valence-corrected chi connectivity index (χ0v) is 9.67. The lowest BCUT2D eigenvalue weighted by molar-refractivity contribution is 0.259. The summed E-state index contributed by atoms with van der Waals surface area (Å²) in [5, 5.41) is 3.28. The van der Waals surface area contributed by atoms with Crippen molar-refractivity contribution in [3.63, 3.8) is 0 Å². The molecule has 1 saturated carbocycles. The van der Waals surface area contributed by atoms with E-state index in [9.17, 15) is 0 Å². The van der Waals surface area contributed by atoms with E-state index in [1.165, 1.54) is 12.8 Å². The number of likely N-dealkylation sites (N-methyl/N-ethyl adjacent to an activating group) is 1. The molecule has 0 atom stereocenters. The third-order valence-electron chi connectivity index (χ3n) is 2.60. The van der Waals surface area contributed by atoms with Gasteiger partial charge in [0, 0.05) is 0 Å². The zero-order valence-electron chi connectivity index (χ0n) is 8.09. The van der Waals surface area contributed by atoms with E-state index in [0.717, 1.165) is 17.0 Å². The Hall–Kier alpha value is -0.610. The van der Waals surface area contributed by atoms with Gasteiger partial charge in [-0.3, -0.25) is 0 Å². The molecule has 1 aromatic rings. The van der Waals surface area contributed by atoms with Crippen LogP contribution in [0.3, 0.4) is 0 Å². The van der Waals surface area contributed by atoms with Gasteiger partial charge in [0.2, 0.25) is 0 Å². The molecule has 2 rings (SSSR count). The Morgan fingerprint density at radius 3 is 2.86 bits per heavy atom. The molecule has 0 saturated heterocycles. The summed E-state index contributed by atoms with van der Waals surface area (Å²) in [4.78, 5) is 4.10. The minimum atomic E-state index is 0.229. The number of hydrogen-bond acceptors (Lipinski definition) is 3. The standard InChI is InChI=1S/C10H13BrN2O/c1-12-10(4-5-10)7-14-8-2-3-9(11)13-6-8/h2-3,6,12H,4-5,7H2,1H3. The largest absolute Gasteiger partial charge is 0.490 e. The third kappa shape index (κ3) is 2.25. The molecule has 0 spiro atoms. The quantitative estimate of drug-likeness (QED) is 0.837. The average Bonchev–Trinajstić information content (AvgIpc) is 2.98. The smallest absolute Gasteiger partial charge is 0.137 e. The summed E-state index contributed by atoms with van der Waals surface area (Å²) < 4.78 is 6.47. The number of ether oxygens (including phenoxy) is 1. The van der Waals surface area contributed by atoms with Gasteiger partial charge < -0.3 is 10.1 Å². The van der Waals surface area contributed by atoms with Crippen molar-refractivity contribution in [1.82, 2.24) is 10.3 Å². The van der Waals surface area contributed by atoms with Gasteiger partial charge in [0.25, 0.3) is 0 Å². The lowest BCUT2D eigenvalue weighted by atomic mass is 10.3. The molecule has 0 aliphatic heterocycles. The van der Waals surface area contributed by atoms with Crippen LogP contribution >= 0.6 is 15.9 Å². The Bertz CT molecular complexity index is 308. The molecule has 0 amide bonds. The van der Waals surface area contributed by atoms with Crippen molar-refractivity contribution in [1.29, 1.82) is 0 Å². The van der Waals surface area contributed by atoms with Gasteiger partial charge in [-0.25, -0.2) is 4.98 Å². The molecule has 1 aliphatic carbocycles. The summed E-state index contributed by atoms with van der Waals surface area (Å²) in [7, 11) is 1.98. The van der Waals surface area contributed by atoms with Crippen molar-refractivity contribution in [2.45, 2.75) is 18.4 Å². The van der Waals surface area contributed by atoms with E-state index in [1.54, 1.807) is 6.20 Å². The van der Waals surface area contributed by atoms with E-state index in [-0.39, 0.29) is 5.54 Å². The minimum Gasteiger partial charge on any atom is -0.490 e. The van der Waals surface area contributed by atoms with Crippen LogP contribution in [0.5, 0.6) is 5.75 Å². The summed E-state index contributed by atoms with van der Waals surface area (Å²) in [6.45, 7) is 0.729. The maximum absolute atomic E-state index is 5.63. The first-order valence-electron chi connectivity index (χ1n) is 4.67. The highest BCUT2D eigenvalue weighted by Crippen LogP contribution is 2.35. The van der Waals surface area contributed by atoms with Gasteiger partial charge in [0.1, 0.15) is 17.0 Å².